The summed E-state index contributed by atoms with van der Waals surface area (Å²) in [6.45, 7) is 5.01. The van der Waals surface area contributed by atoms with Crippen LogP contribution >= 0.6 is 23.2 Å². The molecular formula is C25H22Cl2FN3O4S. The number of hydrogen-bond acceptors (Lipinski definition) is 4. The molecule has 11 heteroatoms. The summed E-state index contributed by atoms with van der Waals surface area (Å²) in [5, 5.41) is 6.00. The van der Waals surface area contributed by atoms with Crippen LogP contribution in [0.15, 0.2) is 53.4 Å². The van der Waals surface area contributed by atoms with Gasteiger partial charge in [0.05, 0.1) is 22.7 Å². The first-order valence-corrected chi connectivity index (χ1v) is 13.1. The van der Waals surface area contributed by atoms with E-state index in [1.165, 1.54) is 18.2 Å². The maximum atomic E-state index is 14.0. The monoisotopic (exact) mass is 549 g/mol. The zero-order valence-corrected chi connectivity index (χ0v) is 21.9. The maximum absolute atomic E-state index is 14.0. The fourth-order valence-corrected chi connectivity index (χ4v) is 6.32. The van der Waals surface area contributed by atoms with Crippen molar-refractivity contribution in [3.05, 3.63) is 81.1 Å². The molecule has 0 saturated carbocycles. The number of carbonyl (C=O) groups is 2. The molecular weight excluding hydrogens is 528 g/mol. The van der Waals surface area contributed by atoms with Gasteiger partial charge in [-0.1, -0.05) is 29.3 Å². The Morgan fingerprint density at radius 2 is 1.75 bits per heavy atom. The largest absolute Gasteiger partial charge is 0.326 e. The smallest absolute Gasteiger partial charge is 0.265 e. The fourth-order valence-electron chi connectivity index (χ4n) is 4.01. The lowest BCUT2D eigenvalue weighted by Gasteiger charge is -2.37. The number of benzene rings is 3. The number of fused-ring (bicyclic) bond motifs is 1. The van der Waals surface area contributed by atoms with Gasteiger partial charge in [-0.15, -0.1) is 0 Å². The average Bonchev–Trinajstić information content (AvgIpc) is 2.79. The van der Waals surface area contributed by atoms with E-state index in [0.717, 1.165) is 22.0 Å². The van der Waals surface area contributed by atoms with E-state index >= 15 is 0 Å². The molecule has 1 unspecified atom stereocenters. The lowest BCUT2D eigenvalue weighted by atomic mass is 10.1. The quantitative estimate of drug-likeness (QED) is 0.432. The van der Waals surface area contributed by atoms with Crippen molar-refractivity contribution < 1.29 is 22.4 Å². The van der Waals surface area contributed by atoms with Crippen LogP contribution in [0, 0.1) is 26.6 Å². The number of hydrogen-bond donors (Lipinski definition) is 2. The summed E-state index contributed by atoms with van der Waals surface area (Å²) in [4.78, 5) is 26.0. The fraction of sp³-hybridized carbons (Fsp3) is 0.200. The number of amides is 2. The van der Waals surface area contributed by atoms with E-state index in [4.69, 9.17) is 23.2 Å². The molecule has 2 N–H and O–H groups in total. The molecule has 4 rings (SSSR count). The van der Waals surface area contributed by atoms with Crippen molar-refractivity contribution >= 4 is 62.1 Å². The molecule has 0 saturated heterocycles. The zero-order valence-electron chi connectivity index (χ0n) is 19.5. The Bertz CT molecular complexity index is 1510. The van der Waals surface area contributed by atoms with Crippen molar-refractivity contribution in [1.29, 1.82) is 0 Å². The van der Waals surface area contributed by atoms with Crippen molar-refractivity contribution in [2.75, 3.05) is 14.9 Å². The highest BCUT2D eigenvalue weighted by atomic mass is 35.5. The summed E-state index contributed by atoms with van der Waals surface area (Å²) >= 11 is 12.2. The number of sulfonamides is 1. The molecule has 36 heavy (non-hydrogen) atoms. The van der Waals surface area contributed by atoms with Crippen molar-refractivity contribution in [1.82, 2.24) is 0 Å². The Morgan fingerprint density at radius 1 is 1.03 bits per heavy atom. The number of nitrogens with one attached hydrogen (secondary N) is 2. The number of halogens is 3. The highest BCUT2D eigenvalue weighted by Gasteiger charge is 2.42. The van der Waals surface area contributed by atoms with E-state index in [0.29, 0.717) is 26.9 Å². The summed E-state index contributed by atoms with van der Waals surface area (Å²) in [5.74, 6) is -2.02. The van der Waals surface area contributed by atoms with Crippen LogP contribution in [0.3, 0.4) is 0 Å². The Kier molecular flexibility index (Phi) is 7.01. The van der Waals surface area contributed by atoms with E-state index in [-0.39, 0.29) is 16.3 Å². The summed E-state index contributed by atoms with van der Waals surface area (Å²) in [6.07, 6.45) is -0.501. The van der Waals surface area contributed by atoms with Crippen LogP contribution in [0.4, 0.5) is 21.5 Å². The Morgan fingerprint density at radius 3 is 2.47 bits per heavy atom. The van der Waals surface area contributed by atoms with Gasteiger partial charge in [-0.25, -0.2) is 12.8 Å². The second kappa shape index (κ2) is 9.72. The summed E-state index contributed by atoms with van der Waals surface area (Å²) in [6, 6.07) is 9.81. The van der Waals surface area contributed by atoms with E-state index in [2.05, 4.69) is 10.6 Å². The predicted octanol–water partition coefficient (Wildman–Crippen LogP) is 5.60. The standard InChI is InChI=1S/C25H22Cl2FN3O4S/c1-13-4-5-16(26)10-19(13)29-24(32)12-22-25(33)30-20-11-17(28)6-7-21(20)31(22)36(34,35)23-9-14(2)18(27)8-15(23)3/h4-11,22H,12H2,1-3H3,(H,29,32)(H,30,33). The van der Waals surface area contributed by atoms with Crippen LogP contribution in [0.5, 0.6) is 0 Å². The molecule has 7 nitrogen and oxygen atoms in total. The number of anilines is 3. The summed E-state index contributed by atoms with van der Waals surface area (Å²) in [5.41, 5.74) is 2.07. The highest BCUT2D eigenvalue weighted by molar-refractivity contribution is 7.93. The van der Waals surface area contributed by atoms with Crippen LogP contribution < -0.4 is 14.9 Å². The molecule has 1 aliphatic rings. The minimum atomic E-state index is -4.38. The third-order valence-corrected chi connectivity index (χ3v) is 8.49. The van der Waals surface area contributed by atoms with Gasteiger partial charge in [-0.3, -0.25) is 13.9 Å². The van der Waals surface area contributed by atoms with Gasteiger partial charge in [0.2, 0.25) is 11.8 Å². The topological polar surface area (TPSA) is 95.6 Å². The average molecular weight is 550 g/mol. The van der Waals surface area contributed by atoms with Gasteiger partial charge in [0.15, 0.2) is 0 Å². The molecule has 3 aromatic carbocycles. The highest BCUT2D eigenvalue weighted by Crippen LogP contribution is 2.39. The van der Waals surface area contributed by atoms with Crippen LogP contribution in [0.2, 0.25) is 10.0 Å². The van der Waals surface area contributed by atoms with Gasteiger partial charge in [0, 0.05) is 15.7 Å². The van der Waals surface area contributed by atoms with E-state index in [1.807, 2.05) is 0 Å². The minimum Gasteiger partial charge on any atom is -0.326 e. The Hall–Kier alpha value is -3.14. The molecule has 188 valence electrons. The third kappa shape index (κ3) is 4.91. The molecule has 1 heterocycles. The van der Waals surface area contributed by atoms with E-state index in [1.54, 1.807) is 39.0 Å². The molecule has 2 amide bonds. The van der Waals surface area contributed by atoms with E-state index in [9.17, 15) is 22.4 Å². The normalized spacial score (nSPS) is 15.3. The summed E-state index contributed by atoms with van der Waals surface area (Å²) < 4.78 is 42.8. The Labute approximate surface area is 218 Å². The molecule has 0 radical (unpaired) electrons. The van der Waals surface area contributed by atoms with Crippen LogP contribution in [-0.4, -0.2) is 26.3 Å². The number of rotatable bonds is 5. The van der Waals surface area contributed by atoms with Crippen LogP contribution in [0.25, 0.3) is 0 Å². The molecule has 0 bridgehead atoms. The molecule has 1 atom stereocenters. The molecule has 1 aliphatic heterocycles. The zero-order chi connectivity index (χ0) is 26.4. The second-order valence-electron chi connectivity index (χ2n) is 8.55. The second-order valence-corrected chi connectivity index (χ2v) is 11.2. The minimum absolute atomic E-state index is 0.0192. The van der Waals surface area contributed by atoms with E-state index < -0.39 is 40.1 Å². The van der Waals surface area contributed by atoms with Crippen molar-refractivity contribution in [3.8, 4) is 0 Å². The molecule has 0 fully saturated rings. The van der Waals surface area contributed by atoms with Gasteiger partial charge < -0.3 is 10.6 Å². The first-order valence-electron chi connectivity index (χ1n) is 10.9. The number of aryl methyl sites for hydroxylation is 3. The molecule has 3 aromatic rings. The lowest BCUT2D eigenvalue weighted by molar-refractivity contribution is -0.122. The van der Waals surface area contributed by atoms with Gasteiger partial charge in [-0.2, -0.15) is 0 Å². The third-order valence-electron chi connectivity index (χ3n) is 5.89. The maximum Gasteiger partial charge on any atom is 0.265 e. The van der Waals surface area contributed by atoms with Crippen molar-refractivity contribution in [2.24, 2.45) is 0 Å². The van der Waals surface area contributed by atoms with Gasteiger partial charge in [0.25, 0.3) is 10.0 Å². The SMILES string of the molecule is Cc1cc(S(=O)(=O)N2c3ccc(F)cc3NC(=O)C2CC(=O)Nc2cc(Cl)ccc2C)c(C)cc1Cl. The van der Waals surface area contributed by atoms with Crippen molar-refractivity contribution in [3.63, 3.8) is 0 Å². The molecule has 0 spiro atoms. The molecule has 0 aromatic heterocycles. The first kappa shape index (κ1) is 25.9. The van der Waals surface area contributed by atoms with Crippen LogP contribution in [0.1, 0.15) is 23.1 Å². The number of nitrogens with zero attached hydrogens (tertiary/aromatic N) is 1. The van der Waals surface area contributed by atoms with Crippen LogP contribution in [-0.2, 0) is 19.6 Å². The molecule has 0 aliphatic carbocycles. The lowest BCUT2D eigenvalue weighted by Crippen LogP contribution is -2.52. The predicted molar refractivity (Wildman–Crippen MR) is 139 cm³/mol. The summed E-state index contributed by atoms with van der Waals surface area (Å²) in [7, 11) is -4.38. The van der Waals surface area contributed by atoms with Crippen molar-refractivity contribution in [2.45, 2.75) is 38.1 Å². The van der Waals surface area contributed by atoms with Gasteiger partial charge in [0.1, 0.15) is 11.9 Å². The first-order chi connectivity index (χ1) is 16.9. The van der Waals surface area contributed by atoms with Gasteiger partial charge in [-0.05, 0) is 79.9 Å². The Balaban J connectivity index is 1.79. The number of carbonyl (C=O) groups excluding carboxylic acids is 2. The van der Waals surface area contributed by atoms with Gasteiger partial charge >= 0.3 is 0 Å².